The smallest absolute Gasteiger partial charge is 0.233 e. The number of rotatable bonds is 5. The van der Waals surface area contributed by atoms with Crippen molar-refractivity contribution < 1.29 is 4.79 Å². The maximum absolute atomic E-state index is 12.8. The SMILES string of the molecule is CCCN(C(=O)C1(c2ccc(N)cc2)CC1)C(C)C. The highest BCUT2D eigenvalue weighted by Crippen LogP contribution is 2.50. The molecular formula is C16H24N2O. The number of nitrogens with zero attached hydrogens (tertiary/aromatic N) is 1. The molecule has 0 aromatic heterocycles. The summed E-state index contributed by atoms with van der Waals surface area (Å²) in [5.41, 5.74) is 7.33. The maximum Gasteiger partial charge on any atom is 0.233 e. The van der Waals surface area contributed by atoms with Gasteiger partial charge in [0.1, 0.15) is 0 Å². The van der Waals surface area contributed by atoms with E-state index in [-0.39, 0.29) is 17.4 Å². The van der Waals surface area contributed by atoms with Crippen molar-refractivity contribution in [3.8, 4) is 0 Å². The third kappa shape index (κ3) is 2.60. The first-order chi connectivity index (χ1) is 9.01. The summed E-state index contributed by atoms with van der Waals surface area (Å²) in [6, 6.07) is 8.05. The topological polar surface area (TPSA) is 46.3 Å². The van der Waals surface area contributed by atoms with Gasteiger partial charge in [0.05, 0.1) is 5.41 Å². The Hall–Kier alpha value is -1.51. The van der Waals surface area contributed by atoms with E-state index < -0.39 is 0 Å². The highest BCUT2D eigenvalue weighted by atomic mass is 16.2. The number of anilines is 1. The molecule has 2 rings (SSSR count). The van der Waals surface area contributed by atoms with Crippen molar-refractivity contribution >= 4 is 11.6 Å². The van der Waals surface area contributed by atoms with Gasteiger partial charge in [0.15, 0.2) is 0 Å². The molecule has 3 heteroatoms. The Morgan fingerprint density at radius 2 is 1.89 bits per heavy atom. The van der Waals surface area contributed by atoms with E-state index in [1.807, 2.05) is 29.2 Å². The molecule has 1 aromatic rings. The normalized spacial score (nSPS) is 16.4. The number of carbonyl (C=O) groups is 1. The van der Waals surface area contributed by atoms with Gasteiger partial charge in [-0.15, -0.1) is 0 Å². The lowest BCUT2D eigenvalue weighted by Gasteiger charge is -2.31. The molecule has 3 nitrogen and oxygen atoms in total. The minimum Gasteiger partial charge on any atom is -0.399 e. The van der Waals surface area contributed by atoms with Gasteiger partial charge in [-0.25, -0.2) is 0 Å². The molecule has 0 aliphatic heterocycles. The third-order valence-corrected chi connectivity index (χ3v) is 3.97. The second-order valence-electron chi connectivity index (χ2n) is 5.80. The molecule has 0 saturated heterocycles. The van der Waals surface area contributed by atoms with Crippen molar-refractivity contribution in [1.82, 2.24) is 4.90 Å². The van der Waals surface area contributed by atoms with Crippen LogP contribution in [0, 0.1) is 0 Å². The van der Waals surface area contributed by atoms with Crippen molar-refractivity contribution in [2.75, 3.05) is 12.3 Å². The molecule has 104 valence electrons. The Balaban J connectivity index is 2.24. The zero-order valence-electron chi connectivity index (χ0n) is 12.1. The maximum atomic E-state index is 12.8. The molecule has 1 aromatic carbocycles. The van der Waals surface area contributed by atoms with Crippen LogP contribution >= 0.6 is 0 Å². The van der Waals surface area contributed by atoms with E-state index in [0.717, 1.165) is 37.1 Å². The fourth-order valence-electron chi connectivity index (χ4n) is 2.66. The summed E-state index contributed by atoms with van der Waals surface area (Å²) in [6.07, 6.45) is 2.92. The Morgan fingerprint density at radius 3 is 2.32 bits per heavy atom. The first kappa shape index (κ1) is 13.9. The Bertz CT molecular complexity index is 446. The molecule has 0 radical (unpaired) electrons. The van der Waals surface area contributed by atoms with Crippen molar-refractivity contribution in [3.63, 3.8) is 0 Å². The van der Waals surface area contributed by atoms with Crippen LogP contribution in [0.15, 0.2) is 24.3 Å². The first-order valence-corrected chi connectivity index (χ1v) is 7.18. The molecule has 0 unspecified atom stereocenters. The number of nitrogens with two attached hydrogens (primary N) is 1. The lowest BCUT2D eigenvalue weighted by Crippen LogP contribution is -2.43. The van der Waals surface area contributed by atoms with Crippen LogP contribution in [0.1, 0.15) is 45.6 Å². The van der Waals surface area contributed by atoms with E-state index >= 15 is 0 Å². The number of hydrogen-bond donors (Lipinski definition) is 1. The molecule has 1 aliphatic carbocycles. The summed E-state index contributed by atoms with van der Waals surface area (Å²) in [6.45, 7) is 7.14. The van der Waals surface area contributed by atoms with Gasteiger partial charge < -0.3 is 10.6 Å². The average Bonchev–Trinajstić information content (AvgIpc) is 3.17. The van der Waals surface area contributed by atoms with Crippen LogP contribution in [0.4, 0.5) is 5.69 Å². The molecule has 0 heterocycles. The van der Waals surface area contributed by atoms with Gasteiger partial charge in [-0.05, 0) is 50.8 Å². The number of amides is 1. The van der Waals surface area contributed by atoms with Crippen molar-refractivity contribution in [2.24, 2.45) is 0 Å². The highest BCUT2D eigenvalue weighted by molar-refractivity contribution is 5.91. The second kappa shape index (κ2) is 5.24. The van der Waals surface area contributed by atoms with E-state index in [0.29, 0.717) is 0 Å². The van der Waals surface area contributed by atoms with E-state index in [2.05, 4.69) is 20.8 Å². The van der Waals surface area contributed by atoms with Crippen molar-refractivity contribution in [3.05, 3.63) is 29.8 Å². The quantitative estimate of drug-likeness (QED) is 0.827. The van der Waals surface area contributed by atoms with Gasteiger partial charge in [-0.2, -0.15) is 0 Å². The van der Waals surface area contributed by atoms with Gasteiger partial charge >= 0.3 is 0 Å². The summed E-state index contributed by atoms with van der Waals surface area (Å²) >= 11 is 0. The molecule has 19 heavy (non-hydrogen) atoms. The molecule has 1 amide bonds. The number of benzene rings is 1. The second-order valence-corrected chi connectivity index (χ2v) is 5.80. The zero-order valence-corrected chi connectivity index (χ0v) is 12.1. The van der Waals surface area contributed by atoms with E-state index in [4.69, 9.17) is 5.73 Å². The predicted molar refractivity (Wildman–Crippen MR) is 78.9 cm³/mol. The predicted octanol–water partition coefficient (Wildman–Crippen LogP) is 2.95. The minimum absolute atomic E-state index is 0.263. The van der Waals surface area contributed by atoms with Crippen LogP contribution in [0.3, 0.4) is 0 Å². The van der Waals surface area contributed by atoms with Gasteiger partial charge in [0.25, 0.3) is 0 Å². The summed E-state index contributed by atoms with van der Waals surface area (Å²) in [4.78, 5) is 14.9. The summed E-state index contributed by atoms with van der Waals surface area (Å²) in [5.74, 6) is 0.286. The van der Waals surface area contributed by atoms with Crippen LogP contribution in [0.5, 0.6) is 0 Å². The van der Waals surface area contributed by atoms with Crippen LogP contribution in [-0.2, 0) is 10.2 Å². The summed E-state index contributed by atoms with van der Waals surface area (Å²) in [7, 11) is 0. The van der Waals surface area contributed by atoms with Crippen LogP contribution in [0.25, 0.3) is 0 Å². The fraction of sp³-hybridized carbons (Fsp3) is 0.562. The Labute approximate surface area is 115 Å². The van der Waals surface area contributed by atoms with Crippen LogP contribution < -0.4 is 5.73 Å². The highest BCUT2D eigenvalue weighted by Gasteiger charge is 2.53. The van der Waals surface area contributed by atoms with Gasteiger partial charge in [-0.1, -0.05) is 19.1 Å². The monoisotopic (exact) mass is 260 g/mol. The molecular weight excluding hydrogens is 236 g/mol. The molecule has 1 saturated carbocycles. The minimum atomic E-state index is -0.271. The molecule has 0 spiro atoms. The molecule has 1 aliphatic rings. The lowest BCUT2D eigenvalue weighted by atomic mass is 9.93. The van der Waals surface area contributed by atoms with Crippen molar-refractivity contribution in [2.45, 2.75) is 51.5 Å². The van der Waals surface area contributed by atoms with E-state index in [1.54, 1.807) is 0 Å². The fourth-order valence-corrected chi connectivity index (χ4v) is 2.66. The van der Waals surface area contributed by atoms with Crippen molar-refractivity contribution in [1.29, 1.82) is 0 Å². The summed E-state index contributed by atoms with van der Waals surface area (Å²) < 4.78 is 0. The summed E-state index contributed by atoms with van der Waals surface area (Å²) in [5, 5.41) is 0. The van der Waals surface area contributed by atoms with E-state index in [9.17, 15) is 4.79 Å². The lowest BCUT2D eigenvalue weighted by molar-refractivity contribution is -0.135. The molecule has 1 fully saturated rings. The van der Waals surface area contributed by atoms with Crippen LogP contribution in [0.2, 0.25) is 0 Å². The number of hydrogen-bond acceptors (Lipinski definition) is 2. The van der Waals surface area contributed by atoms with E-state index in [1.165, 1.54) is 0 Å². The van der Waals surface area contributed by atoms with Gasteiger partial charge in [0, 0.05) is 18.3 Å². The first-order valence-electron chi connectivity index (χ1n) is 7.18. The van der Waals surface area contributed by atoms with Gasteiger partial charge in [0.2, 0.25) is 5.91 Å². The van der Waals surface area contributed by atoms with Crippen LogP contribution in [-0.4, -0.2) is 23.4 Å². The largest absolute Gasteiger partial charge is 0.399 e. The average molecular weight is 260 g/mol. The standard InChI is InChI=1S/C16H24N2O/c1-4-11-18(12(2)3)15(19)16(9-10-16)13-5-7-14(17)8-6-13/h5-8,12H,4,9-11,17H2,1-3H3. The molecule has 0 atom stereocenters. The Morgan fingerprint density at radius 1 is 1.32 bits per heavy atom. The van der Waals surface area contributed by atoms with Gasteiger partial charge in [-0.3, -0.25) is 4.79 Å². The molecule has 0 bridgehead atoms. The zero-order chi connectivity index (χ0) is 14.0. The number of carbonyl (C=O) groups excluding carboxylic acids is 1. The Kier molecular flexibility index (Phi) is 3.83. The number of nitrogen functional groups attached to an aromatic ring is 1. The molecule has 2 N–H and O–H groups in total. The third-order valence-electron chi connectivity index (χ3n) is 3.97.